The Morgan fingerprint density at radius 3 is 2.80 bits per heavy atom. The largest absolute Gasteiger partial charge is 0.374 e. The molecule has 0 radical (unpaired) electrons. The molecule has 134 valence electrons. The van der Waals surface area contributed by atoms with Crippen molar-refractivity contribution in [3.05, 3.63) is 59.7 Å². The molecule has 3 rings (SSSR count). The van der Waals surface area contributed by atoms with E-state index in [0.717, 1.165) is 37.5 Å². The Hall–Kier alpha value is -2.02. The lowest BCUT2D eigenvalue weighted by atomic mass is 10.0. The first-order chi connectivity index (χ1) is 12.1. The van der Waals surface area contributed by atoms with Gasteiger partial charge in [0.15, 0.2) is 0 Å². The van der Waals surface area contributed by atoms with Gasteiger partial charge in [-0.2, -0.15) is 5.10 Å². The fraction of sp³-hybridized carbons (Fsp3) is 0.421. The molecule has 25 heavy (non-hydrogen) atoms. The van der Waals surface area contributed by atoms with E-state index < -0.39 is 0 Å². The van der Waals surface area contributed by atoms with E-state index in [1.54, 1.807) is 12.1 Å². The van der Waals surface area contributed by atoms with Crippen LogP contribution in [0.1, 0.15) is 17.3 Å². The lowest BCUT2D eigenvalue weighted by molar-refractivity contribution is -0.0634. The van der Waals surface area contributed by atoms with Gasteiger partial charge >= 0.3 is 0 Å². The van der Waals surface area contributed by atoms with E-state index in [1.807, 2.05) is 30.1 Å². The van der Waals surface area contributed by atoms with Gasteiger partial charge in [-0.3, -0.25) is 9.58 Å². The number of halogens is 1. The summed E-state index contributed by atoms with van der Waals surface area (Å²) in [5.41, 5.74) is 2.15. The summed E-state index contributed by atoms with van der Waals surface area (Å²) in [6, 6.07) is 8.72. The topological polar surface area (TPSA) is 42.3 Å². The van der Waals surface area contributed by atoms with E-state index in [1.165, 1.54) is 12.1 Å². The van der Waals surface area contributed by atoms with Gasteiger partial charge in [0.2, 0.25) is 0 Å². The maximum Gasteiger partial charge on any atom is 0.123 e. The van der Waals surface area contributed by atoms with Crippen LogP contribution in [0.5, 0.6) is 0 Å². The molecule has 0 spiro atoms. The summed E-state index contributed by atoms with van der Waals surface area (Å²) in [4.78, 5) is 2.32. The fourth-order valence-electron chi connectivity index (χ4n) is 3.20. The molecule has 1 fully saturated rings. The quantitative estimate of drug-likeness (QED) is 0.816. The number of nitrogens with one attached hydrogen (secondary N) is 1. The lowest BCUT2D eigenvalue weighted by Gasteiger charge is -2.39. The van der Waals surface area contributed by atoms with Crippen LogP contribution in [0.2, 0.25) is 0 Å². The summed E-state index contributed by atoms with van der Waals surface area (Å²) in [7, 11) is 4.09. The van der Waals surface area contributed by atoms with Gasteiger partial charge in [-0.25, -0.2) is 4.39 Å². The van der Waals surface area contributed by atoms with Crippen molar-refractivity contribution in [2.45, 2.75) is 12.1 Å². The molecule has 1 aromatic heterocycles. The highest BCUT2D eigenvalue weighted by Gasteiger charge is 2.32. The molecule has 2 heterocycles. The first kappa shape index (κ1) is 17.8. The molecule has 6 heteroatoms. The van der Waals surface area contributed by atoms with Gasteiger partial charge in [-0.15, -0.1) is 0 Å². The molecule has 1 aliphatic rings. The van der Waals surface area contributed by atoms with Crippen LogP contribution in [-0.4, -0.2) is 54.1 Å². The Morgan fingerprint density at radius 2 is 2.08 bits per heavy atom. The molecule has 1 aromatic carbocycles. The predicted molar refractivity (Wildman–Crippen MR) is 96.6 cm³/mol. The van der Waals surface area contributed by atoms with Crippen molar-refractivity contribution >= 4 is 6.08 Å². The first-order valence-corrected chi connectivity index (χ1v) is 8.58. The molecule has 0 saturated carbocycles. The zero-order valence-electron chi connectivity index (χ0n) is 14.7. The molecule has 1 aliphatic heterocycles. The summed E-state index contributed by atoms with van der Waals surface area (Å²) in [5.74, 6) is -0.213. The number of likely N-dealkylation sites (N-methyl/N-ethyl adjacent to an activating group) is 1. The molecule has 2 aromatic rings. The second-order valence-electron chi connectivity index (χ2n) is 6.33. The van der Waals surface area contributed by atoms with E-state index >= 15 is 0 Å². The number of rotatable bonds is 6. The fourth-order valence-corrected chi connectivity index (χ4v) is 3.20. The Bertz CT molecular complexity index is 698. The van der Waals surface area contributed by atoms with Crippen molar-refractivity contribution in [1.29, 1.82) is 0 Å². The standard InChI is InChI=1S/C19H25FN4O/c1-23-12-13-25-18(19(23)17-9-11-22-24(17)2)14-21-10-3-4-15-5-7-16(20)8-6-15/h3-9,11,18-19,21H,10,12-14H2,1-2H3/b4-3+/t18-,19-/m0/s1. The minimum atomic E-state index is -0.213. The van der Waals surface area contributed by atoms with Crippen molar-refractivity contribution < 1.29 is 9.13 Å². The Morgan fingerprint density at radius 1 is 1.28 bits per heavy atom. The second kappa shape index (κ2) is 8.38. The number of hydrogen-bond donors (Lipinski definition) is 1. The summed E-state index contributed by atoms with van der Waals surface area (Å²) >= 11 is 0. The monoisotopic (exact) mass is 344 g/mol. The molecule has 1 N–H and O–H groups in total. The van der Waals surface area contributed by atoms with Crippen LogP contribution in [0.15, 0.2) is 42.6 Å². The molecule has 0 unspecified atom stereocenters. The number of aromatic nitrogens is 2. The normalized spacial score (nSPS) is 21.9. The molecule has 0 aliphatic carbocycles. The number of aryl methyl sites for hydroxylation is 1. The van der Waals surface area contributed by atoms with E-state index in [4.69, 9.17) is 4.74 Å². The van der Waals surface area contributed by atoms with Gasteiger partial charge in [0, 0.05) is 32.9 Å². The van der Waals surface area contributed by atoms with Crippen LogP contribution in [0, 0.1) is 5.82 Å². The van der Waals surface area contributed by atoms with Crippen LogP contribution in [0.3, 0.4) is 0 Å². The minimum Gasteiger partial charge on any atom is -0.374 e. The zero-order valence-corrected chi connectivity index (χ0v) is 14.7. The van der Waals surface area contributed by atoms with Gasteiger partial charge in [-0.1, -0.05) is 24.3 Å². The number of morpholine rings is 1. The Labute approximate surface area is 148 Å². The van der Waals surface area contributed by atoms with Crippen LogP contribution >= 0.6 is 0 Å². The third-order valence-corrected chi connectivity index (χ3v) is 4.55. The van der Waals surface area contributed by atoms with Crippen molar-refractivity contribution in [3.63, 3.8) is 0 Å². The lowest BCUT2D eigenvalue weighted by Crippen LogP contribution is -2.48. The molecule has 0 amide bonds. The Kier molecular flexibility index (Phi) is 5.96. The summed E-state index contributed by atoms with van der Waals surface area (Å²) < 4.78 is 20.8. The first-order valence-electron chi connectivity index (χ1n) is 8.58. The maximum absolute atomic E-state index is 12.9. The molecule has 5 nitrogen and oxygen atoms in total. The minimum absolute atomic E-state index is 0.0772. The molecule has 2 atom stereocenters. The summed E-state index contributed by atoms with van der Waals surface area (Å²) in [6.45, 7) is 3.15. The van der Waals surface area contributed by atoms with Crippen molar-refractivity contribution in [1.82, 2.24) is 20.0 Å². The van der Waals surface area contributed by atoms with Gasteiger partial charge in [0.1, 0.15) is 5.82 Å². The van der Waals surface area contributed by atoms with Crippen molar-refractivity contribution in [2.75, 3.05) is 33.3 Å². The van der Waals surface area contributed by atoms with Gasteiger partial charge in [0.05, 0.1) is 24.4 Å². The van der Waals surface area contributed by atoms with E-state index in [2.05, 4.69) is 28.4 Å². The highest BCUT2D eigenvalue weighted by Crippen LogP contribution is 2.27. The van der Waals surface area contributed by atoms with E-state index in [9.17, 15) is 4.39 Å². The smallest absolute Gasteiger partial charge is 0.123 e. The van der Waals surface area contributed by atoms with E-state index in [0.29, 0.717) is 0 Å². The van der Waals surface area contributed by atoms with Crippen LogP contribution in [0.4, 0.5) is 4.39 Å². The third kappa shape index (κ3) is 4.54. The average Bonchev–Trinajstić information content (AvgIpc) is 3.02. The molecule has 1 saturated heterocycles. The molecule has 0 bridgehead atoms. The summed E-state index contributed by atoms with van der Waals surface area (Å²) in [6.07, 6.45) is 5.93. The second-order valence-corrected chi connectivity index (χ2v) is 6.33. The molecular formula is C19H25FN4O. The van der Waals surface area contributed by atoms with Crippen molar-refractivity contribution in [2.24, 2.45) is 7.05 Å². The number of benzene rings is 1. The highest BCUT2D eigenvalue weighted by molar-refractivity contribution is 5.48. The number of nitrogens with zero attached hydrogens (tertiary/aromatic N) is 3. The summed E-state index contributed by atoms with van der Waals surface area (Å²) in [5, 5.41) is 7.71. The SMILES string of the molecule is CN1CCO[C@@H](CNC/C=C/c2ccc(F)cc2)[C@@H]1c1ccnn1C. The zero-order chi connectivity index (χ0) is 17.6. The van der Waals surface area contributed by atoms with Crippen LogP contribution in [-0.2, 0) is 11.8 Å². The molecular weight excluding hydrogens is 319 g/mol. The highest BCUT2D eigenvalue weighted by atomic mass is 19.1. The van der Waals surface area contributed by atoms with Gasteiger partial charge in [-0.05, 0) is 30.8 Å². The number of ether oxygens (including phenoxy) is 1. The van der Waals surface area contributed by atoms with Crippen LogP contribution in [0.25, 0.3) is 6.08 Å². The van der Waals surface area contributed by atoms with Crippen LogP contribution < -0.4 is 5.32 Å². The van der Waals surface area contributed by atoms with Gasteiger partial charge in [0.25, 0.3) is 0 Å². The predicted octanol–water partition coefficient (Wildman–Crippen LogP) is 2.23. The average molecular weight is 344 g/mol. The maximum atomic E-state index is 12.9. The van der Waals surface area contributed by atoms with Crippen molar-refractivity contribution in [3.8, 4) is 0 Å². The third-order valence-electron chi connectivity index (χ3n) is 4.55. The van der Waals surface area contributed by atoms with E-state index in [-0.39, 0.29) is 18.0 Å². The van der Waals surface area contributed by atoms with Gasteiger partial charge < -0.3 is 10.1 Å². The Balaban J connectivity index is 1.54. The number of hydrogen-bond acceptors (Lipinski definition) is 4.